The van der Waals surface area contributed by atoms with Crippen LogP contribution in [0.15, 0.2) is 21.2 Å². The van der Waals surface area contributed by atoms with Crippen molar-refractivity contribution in [3.8, 4) is 11.5 Å². The summed E-state index contributed by atoms with van der Waals surface area (Å²) in [7, 11) is 0. The molecule has 4 heterocycles. The lowest BCUT2D eigenvalue weighted by molar-refractivity contribution is -0.144. The summed E-state index contributed by atoms with van der Waals surface area (Å²) in [6, 6.07) is 1.82. The highest BCUT2D eigenvalue weighted by Gasteiger charge is 2.18. The van der Waals surface area contributed by atoms with E-state index in [1.54, 1.807) is 4.52 Å². The van der Waals surface area contributed by atoms with Crippen LogP contribution < -0.4 is 0 Å². The molecule has 0 aliphatic heterocycles. The molecule has 0 radical (unpaired) electrons. The predicted octanol–water partition coefficient (Wildman–Crippen LogP) is 2.29. The summed E-state index contributed by atoms with van der Waals surface area (Å²) in [6.07, 6.45) is 1.48. The molecule has 0 saturated carbocycles. The zero-order valence-electron chi connectivity index (χ0n) is 15.9. The zero-order chi connectivity index (χ0) is 19.8. The number of aromatic nitrogens is 6. The van der Waals surface area contributed by atoms with E-state index in [1.165, 1.54) is 6.33 Å². The SMILES string of the molecule is Cc1cc(-c2nnc(COC(=O)Cc3c(C)nc4ncnn4c3C)o2)c(C)o1. The van der Waals surface area contributed by atoms with Crippen LogP contribution in [0.3, 0.4) is 0 Å². The fraction of sp³-hybridized carbons (Fsp3) is 0.333. The Hall–Kier alpha value is -3.56. The van der Waals surface area contributed by atoms with E-state index in [9.17, 15) is 4.79 Å². The number of furan rings is 1. The number of esters is 1. The number of rotatable bonds is 5. The highest BCUT2D eigenvalue weighted by Crippen LogP contribution is 2.25. The van der Waals surface area contributed by atoms with Gasteiger partial charge in [0.25, 0.3) is 17.6 Å². The number of fused-ring (bicyclic) bond motifs is 1. The van der Waals surface area contributed by atoms with Crippen LogP contribution in [0.5, 0.6) is 0 Å². The molecule has 144 valence electrons. The van der Waals surface area contributed by atoms with Crippen molar-refractivity contribution in [1.29, 1.82) is 0 Å². The second-order valence-electron chi connectivity index (χ2n) is 6.40. The third-order valence-electron chi connectivity index (χ3n) is 4.40. The Morgan fingerprint density at radius 1 is 1.18 bits per heavy atom. The number of aryl methyl sites for hydroxylation is 4. The molecule has 0 aliphatic carbocycles. The number of hydrogen-bond acceptors (Lipinski definition) is 9. The maximum atomic E-state index is 12.3. The quantitative estimate of drug-likeness (QED) is 0.478. The van der Waals surface area contributed by atoms with Gasteiger partial charge in [0.05, 0.1) is 12.0 Å². The van der Waals surface area contributed by atoms with Crippen LogP contribution in [0.1, 0.15) is 34.4 Å². The van der Waals surface area contributed by atoms with Gasteiger partial charge in [0.15, 0.2) is 6.61 Å². The third kappa shape index (κ3) is 3.24. The molecule has 0 spiro atoms. The topological polar surface area (TPSA) is 121 Å². The van der Waals surface area contributed by atoms with Crippen LogP contribution in [0.4, 0.5) is 0 Å². The lowest BCUT2D eigenvalue weighted by Crippen LogP contribution is -2.13. The summed E-state index contributed by atoms with van der Waals surface area (Å²) in [5.74, 6) is 2.04. The maximum Gasteiger partial charge on any atom is 0.310 e. The van der Waals surface area contributed by atoms with Gasteiger partial charge in [-0.15, -0.1) is 10.2 Å². The van der Waals surface area contributed by atoms with Crippen molar-refractivity contribution in [3.63, 3.8) is 0 Å². The Morgan fingerprint density at radius 3 is 2.75 bits per heavy atom. The average molecular weight is 382 g/mol. The van der Waals surface area contributed by atoms with Crippen molar-refractivity contribution in [2.45, 2.75) is 40.7 Å². The molecule has 0 aliphatic rings. The molecule has 0 N–H and O–H groups in total. The normalized spacial score (nSPS) is 11.3. The van der Waals surface area contributed by atoms with E-state index in [1.807, 2.05) is 33.8 Å². The summed E-state index contributed by atoms with van der Waals surface area (Å²) < 4.78 is 17.9. The van der Waals surface area contributed by atoms with E-state index in [0.717, 1.165) is 22.6 Å². The third-order valence-corrected chi connectivity index (χ3v) is 4.40. The first-order chi connectivity index (χ1) is 13.4. The first-order valence-corrected chi connectivity index (χ1v) is 8.63. The number of carbonyl (C=O) groups excluding carboxylic acids is 1. The van der Waals surface area contributed by atoms with Gasteiger partial charge in [-0.25, -0.2) is 9.50 Å². The Labute approximate surface area is 159 Å². The van der Waals surface area contributed by atoms with Gasteiger partial charge in [-0.05, 0) is 33.8 Å². The van der Waals surface area contributed by atoms with Crippen LogP contribution >= 0.6 is 0 Å². The maximum absolute atomic E-state index is 12.3. The van der Waals surface area contributed by atoms with Crippen molar-refractivity contribution in [3.05, 3.63) is 46.8 Å². The molecule has 4 aromatic rings. The summed E-state index contributed by atoms with van der Waals surface area (Å²) in [4.78, 5) is 20.7. The van der Waals surface area contributed by atoms with Crippen LogP contribution in [-0.4, -0.2) is 35.7 Å². The van der Waals surface area contributed by atoms with Gasteiger partial charge in [-0.1, -0.05) is 0 Å². The molecule has 0 bridgehead atoms. The molecule has 4 aromatic heterocycles. The Bertz CT molecular complexity index is 1170. The molecule has 0 aromatic carbocycles. The minimum atomic E-state index is -0.428. The fourth-order valence-electron chi connectivity index (χ4n) is 3.01. The van der Waals surface area contributed by atoms with Gasteiger partial charge in [0, 0.05) is 17.0 Å². The van der Waals surface area contributed by atoms with Gasteiger partial charge in [0.1, 0.15) is 17.8 Å². The predicted molar refractivity (Wildman–Crippen MR) is 95.2 cm³/mol. The van der Waals surface area contributed by atoms with E-state index in [0.29, 0.717) is 23.1 Å². The molecule has 0 saturated heterocycles. The molecule has 0 unspecified atom stereocenters. The van der Waals surface area contributed by atoms with Crippen molar-refractivity contribution in [2.75, 3.05) is 0 Å². The van der Waals surface area contributed by atoms with Crippen molar-refractivity contribution in [1.82, 2.24) is 29.8 Å². The molecular formula is C18H18N6O4. The molecule has 4 rings (SSSR count). The number of hydrogen-bond donors (Lipinski definition) is 0. The minimum absolute atomic E-state index is 0.0570. The van der Waals surface area contributed by atoms with Gasteiger partial charge >= 0.3 is 5.97 Å². The van der Waals surface area contributed by atoms with Crippen LogP contribution in [0.25, 0.3) is 17.2 Å². The summed E-state index contributed by atoms with van der Waals surface area (Å²) >= 11 is 0. The van der Waals surface area contributed by atoms with Gasteiger partial charge in [-0.2, -0.15) is 10.1 Å². The van der Waals surface area contributed by atoms with E-state index in [2.05, 4.69) is 25.3 Å². The standard InChI is InChI=1S/C18H18N6O4/c1-9-5-14(12(4)27-9)17-23-22-15(28-17)7-26-16(25)6-13-10(2)21-18-19-8-20-24(18)11(13)3/h5,8H,6-7H2,1-4H3. The molecule has 0 amide bonds. The summed E-state index contributed by atoms with van der Waals surface area (Å²) in [5, 5.41) is 12.0. The Balaban J connectivity index is 1.44. The first-order valence-electron chi connectivity index (χ1n) is 8.63. The van der Waals surface area contributed by atoms with Crippen LogP contribution in [-0.2, 0) is 22.6 Å². The second kappa shape index (κ2) is 6.87. The number of carbonyl (C=O) groups is 1. The van der Waals surface area contributed by atoms with Crippen LogP contribution in [0, 0.1) is 27.7 Å². The monoisotopic (exact) mass is 382 g/mol. The first kappa shape index (κ1) is 17.8. The fourth-order valence-corrected chi connectivity index (χ4v) is 3.01. The smallest absolute Gasteiger partial charge is 0.310 e. The van der Waals surface area contributed by atoms with Crippen molar-refractivity contribution < 1.29 is 18.4 Å². The van der Waals surface area contributed by atoms with Crippen LogP contribution in [0.2, 0.25) is 0 Å². The van der Waals surface area contributed by atoms with Gasteiger partial charge < -0.3 is 13.6 Å². The van der Waals surface area contributed by atoms with E-state index in [4.69, 9.17) is 13.6 Å². The summed E-state index contributed by atoms with van der Waals surface area (Å²) in [6.45, 7) is 7.23. The van der Waals surface area contributed by atoms with E-state index >= 15 is 0 Å². The highest BCUT2D eigenvalue weighted by atomic mass is 16.5. The molecule has 0 fully saturated rings. The largest absolute Gasteiger partial charge is 0.466 e. The molecule has 28 heavy (non-hydrogen) atoms. The lowest BCUT2D eigenvalue weighted by Gasteiger charge is -2.09. The number of nitrogens with zero attached hydrogens (tertiary/aromatic N) is 6. The highest BCUT2D eigenvalue weighted by molar-refractivity contribution is 5.73. The molecule has 0 atom stereocenters. The number of ether oxygens (including phenoxy) is 1. The summed E-state index contributed by atoms with van der Waals surface area (Å²) in [5.41, 5.74) is 2.98. The van der Waals surface area contributed by atoms with Crippen molar-refractivity contribution >= 4 is 11.7 Å². The molecule has 10 nitrogen and oxygen atoms in total. The van der Waals surface area contributed by atoms with Crippen molar-refractivity contribution in [2.24, 2.45) is 0 Å². The Morgan fingerprint density at radius 2 is 2.00 bits per heavy atom. The molecular weight excluding hydrogens is 364 g/mol. The minimum Gasteiger partial charge on any atom is -0.466 e. The molecule has 10 heteroatoms. The zero-order valence-corrected chi connectivity index (χ0v) is 15.9. The lowest BCUT2D eigenvalue weighted by atomic mass is 10.1. The van der Waals surface area contributed by atoms with E-state index in [-0.39, 0.29) is 18.9 Å². The average Bonchev–Trinajstić information content (AvgIpc) is 3.36. The van der Waals surface area contributed by atoms with Gasteiger partial charge in [-0.3, -0.25) is 4.79 Å². The van der Waals surface area contributed by atoms with E-state index < -0.39 is 5.97 Å². The van der Waals surface area contributed by atoms with Gasteiger partial charge in [0.2, 0.25) is 0 Å². The Kier molecular flexibility index (Phi) is 4.38. The second-order valence-corrected chi connectivity index (χ2v) is 6.40.